The van der Waals surface area contributed by atoms with E-state index in [0.29, 0.717) is 36.8 Å². The van der Waals surface area contributed by atoms with E-state index in [4.69, 9.17) is 19.0 Å². The average Bonchev–Trinajstić information content (AvgIpc) is 3.44. The molecule has 0 atom stereocenters. The van der Waals surface area contributed by atoms with Crippen LogP contribution in [0, 0.1) is 13.8 Å². The van der Waals surface area contributed by atoms with E-state index in [9.17, 15) is 4.79 Å². The smallest absolute Gasteiger partial charge is 0.259 e. The van der Waals surface area contributed by atoms with E-state index < -0.39 is 0 Å². The highest BCUT2D eigenvalue weighted by atomic mass is 32.2. The number of aryl methyl sites for hydroxylation is 2. The van der Waals surface area contributed by atoms with Crippen LogP contribution in [0.3, 0.4) is 0 Å². The van der Waals surface area contributed by atoms with Crippen LogP contribution in [0.2, 0.25) is 0 Å². The maximum atomic E-state index is 13.2. The van der Waals surface area contributed by atoms with E-state index >= 15 is 0 Å². The Hall–Kier alpha value is -3.26. The number of methoxy groups -OCH3 is 1. The number of amides is 1. The predicted octanol–water partition coefficient (Wildman–Crippen LogP) is 4.67. The molecule has 172 valence electrons. The monoisotopic (exact) mass is 465 g/mol. The van der Waals surface area contributed by atoms with Gasteiger partial charge in [-0.3, -0.25) is 14.7 Å². The van der Waals surface area contributed by atoms with Crippen molar-refractivity contribution in [1.82, 2.24) is 10.1 Å². The van der Waals surface area contributed by atoms with Gasteiger partial charge >= 0.3 is 0 Å². The lowest BCUT2D eigenvalue weighted by Crippen LogP contribution is -2.32. The summed E-state index contributed by atoms with van der Waals surface area (Å²) >= 11 is 1.62. The summed E-state index contributed by atoms with van der Waals surface area (Å²) < 4.78 is 16.6. The first-order valence-electron chi connectivity index (χ1n) is 10.8. The van der Waals surface area contributed by atoms with Gasteiger partial charge in [0.1, 0.15) is 12.4 Å². The molecule has 1 saturated heterocycles. The molecule has 33 heavy (non-hydrogen) atoms. The number of carbonyl (C=O) groups is 1. The van der Waals surface area contributed by atoms with Gasteiger partial charge in [0, 0.05) is 24.4 Å². The molecule has 7 nitrogen and oxygen atoms in total. The summed E-state index contributed by atoms with van der Waals surface area (Å²) in [5.74, 6) is 2.53. The molecule has 0 aliphatic carbocycles. The van der Waals surface area contributed by atoms with Crippen molar-refractivity contribution >= 4 is 22.8 Å². The van der Waals surface area contributed by atoms with Crippen molar-refractivity contribution in [2.75, 3.05) is 26.0 Å². The molecule has 3 aromatic rings. The molecular formula is C25H27N3O4S. The number of nitrogens with zero attached hydrogens (tertiary/aromatic N) is 3. The second kappa shape index (κ2) is 10.6. The van der Waals surface area contributed by atoms with Crippen molar-refractivity contribution in [3.63, 3.8) is 0 Å². The molecule has 1 fully saturated rings. The lowest BCUT2D eigenvalue weighted by Gasteiger charge is -2.17. The fourth-order valence-electron chi connectivity index (χ4n) is 3.58. The summed E-state index contributed by atoms with van der Waals surface area (Å²) in [6, 6.07) is 15.5. The fourth-order valence-corrected chi connectivity index (χ4v) is 4.55. The van der Waals surface area contributed by atoms with Crippen molar-refractivity contribution in [3.05, 3.63) is 76.7 Å². The van der Waals surface area contributed by atoms with E-state index in [1.165, 1.54) is 5.56 Å². The third-order valence-electron chi connectivity index (χ3n) is 5.48. The Morgan fingerprint density at radius 3 is 2.73 bits per heavy atom. The molecule has 2 heterocycles. The largest absolute Gasteiger partial charge is 0.493 e. The highest BCUT2D eigenvalue weighted by Crippen LogP contribution is 2.31. The number of thioether (sulfide) groups is 1. The average molecular weight is 466 g/mol. The number of carbonyl (C=O) groups excluding carboxylic acids is 1. The second-order valence-corrected chi connectivity index (χ2v) is 8.72. The zero-order chi connectivity index (χ0) is 23.2. The Morgan fingerprint density at radius 2 is 2.00 bits per heavy atom. The number of hydrogen-bond acceptors (Lipinski definition) is 7. The van der Waals surface area contributed by atoms with Crippen LogP contribution in [0.25, 0.3) is 0 Å². The number of amidine groups is 1. The molecule has 1 aromatic heterocycles. The van der Waals surface area contributed by atoms with Gasteiger partial charge in [0.15, 0.2) is 16.7 Å². The van der Waals surface area contributed by atoms with Crippen LogP contribution in [-0.2, 0) is 13.0 Å². The second-order valence-electron chi connectivity index (χ2n) is 7.66. The predicted molar refractivity (Wildman–Crippen MR) is 129 cm³/mol. The van der Waals surface area contributed by atoms with Gasteiger partial charge < -0.3 is 14.0 Å². The molecule has 0 bridgehead atoms. The van der Waals surface area contributed by atoms with Crippen LogP contribution in [0.4, 0.5) is 0 Å². The Bertz CT molecular complexity index is 1120. The van der Waals surface area contributed by atoms with Crippen LogP contribution >= 0.6 is 11.8 Å². The lowest BCUT2D eigenvalue weighted by atomic mass is 10.1. The van der Waals surface area contributed by atoms with Crippen molar-refractivity contribution in [2.24, 2.45) is 4.99 Å². The molecule has 0 unspecified atom stereocenters. The first kappa shape index (κ1) is 22.9. The summed E-state index contributed by atoms with van der Waals surface area (Å²) in [6.45, 7) is 5.33. The number of ether oxygens (including phenoxy) is 2. The number of aromatic nitrogens is 1. The molecule has 0 radical (unpaired) electrons. The number of rotatable bonds is 8. The molecule has 0 spiro atoms. The first-order chi connectivity index (χ1) is 16.1. The quantitative estimate of drug-likeness (QED) is 0.481. The molecule has 0 N–H and O–H groups in total. The van der Waals surface area contributed by atoms with Crippen LogP contribution in [0.15, 0.2) is 58.0 Å². The molecule has 8 heteroatoms. The fraction of sp³-hybridized carbons (Fsp3) is 0.320. The van der Waals surface area contributed by atoms with Gasteiger partial charge in [-0.15, -0.1) is 0 Å². The van der Waals surface area contributed by atoms with Crippen LogP contribution in [0.5, 0.6) is 11.5 Å². The summed E-state index contributed by atoms with van der Waals surface area (Å²) in [5, 5.41) is 4.72. The zero-order valence-electron chi connectivity index (χ0n) is 19.0. The summed E-state index contributed by atoms with van der Waals surface area (Å²) in [6.07, 6.45) is 0.845. The van der Waals surface area contributed by atoms with Gasteiger partial charge in [0.2, 0.25) is 0 Å². The van der Waals surface area contributed by atoms with Gasteiger partial charge in [0.05, 0.1) is 18.4 Å². The van der Waals surface area contributed by atoms with E-state index in [2.05, 4.69) is 17.3 Å². The summed E-state index contributed by atoms with van der Waals surface area (Å²) in [7, 11) is 1.56. The topological polar surface area (TPSA) is 77.2 Å². The molecular weight excluding hydrogens is 438 g/mol. The SMILES string of the molecule is COc1cc(C(=O)N2CCSC2=NCCc2ccccc2)ccc1OCc1c(C)noc1C. The van der Waals surface area contributed by atoms with Crippen molar-refractivity contribution in [3.8, 4) is 11.5 Å². The molecule has 1 amide bonds. The first-order valence-corrected chi connectivity index (χ1v) is 11.8. The number of benzene rings is 2. The van der Waals surface area contributed by atoms with E-state index in [1.54, 1.807) is 42.0 Å². The van der Waals surface area contributed by atoms with Gasteiger partial charge in [0.25, 0.3) is 5.91 Å². The van der Waals surface area contributed by atoms with Gasteiger partial charge in [-0.1, -0.05) is 47.3 Å². The molecule has 2 aromatic carbocycles. The van der Waals surface area contributed by atoms with E-state index in [0.717, 1.165) is 34.4 Å². The Balaban J connectivity index is 1.44. The number of aliphatic imine (C=N–C) groups is 1. The standard InChI is InChI=1S/C25H27N3O4S/c1-17-21(18(2)32-27-17)16-31-22-10-9-20(15-23(22)30-3)24(29)28-13-14-33-25(28)26-12-11-19-7-5-4-6-8-19/h4-10,15H,11-14,16H2,1-3H3. The number of hydrogen-bond donors (Lipinski definition) is 0. The molecule has 1 aliphatic heterocycles. The molecule has 0 saturated carbocycles. The van der Waals surface area contributed by atoms with Crippen molar-refractivity contribution < 1.29 is 18.8 Å². The maximum absolute atomic E-state index is 13.2. The minimum Gasteiger partial charge on any atom is -0.493 e. The zero-order valence-corrected chi connectivity index (χ0v) is 19.9. The highest BCUT2D eigenvalue weighted by Gasteiger charge is 2.27. The summed E-state index contributed by atoms with van der Waals surface area (Å²) in [4.78, 5) is 19.7. The Kier molecular flexibility index (Phi) is 7.34. The van der Waals surface area contributed by atoms with E-state index in [-0.39, 0.29) is 5.91 Å². The highest BCUT2D eigenvalue weighted by molar-refractivity contribution is 8.14. The van der Waals surface area contributed by atoms with Gasteiger partial charge in [-0.2, -0.15) is 0 Å². The Labute approximate surface area is 197 Å². The third kappa shape index (κ3) is 5.39. The Morgan fingerprint density at radius 1 is 1.18 bits per heavy atom. The molecule has 4 rings (SSSR count). The minimum atomic E-state index is -0.0889. The third-order valence-corrected chi connectivity index (χ3v) is 6.47. The van der Waals surface area contributed by atoms with Gasteiger partial charge in [-0.05, 0) is 44.0 Å². The minimum absolute atomic E-state index is 0.0889. The van der Waals surface area contributed by atoms with Crippen LogP contribution in [-0.4, -0.2) is 47.1 Å². The van der Waals surface area contributed by atoms with Crippen molar-refractivity contribution in [2.45, 2.75) is 26.9 Å². The van der Waals surface area contributed by atoms with Crippen LogP contribution < -0.4 is 9.47 Å². The lowest BCUT2D eigenvalue weighted by molar-refractivity contribution is 0.0858. The van der Waals surface area contributed by atoms with Crippen molar-refractivity contribution in [1.29, 1.82) is 0 Å². The van der Waals surface area contributed by atoms with Gasteiger partial charge in [-0.25, -0.2) is 0 Å². The van der Waals surface area contributed by atoms with E-state index in [1.807, 2.05) is 32.0 Å². The normalized spacial score (nSPS) is 14.6. The summed E-state index contributed by atoms with van der Waals surface area (Å²) in [5.41, 5.74) is 3.47. The van der Waals surface area contributed by atoms with Crippen LogP contribution in [0.1, 0.15) is 32.9 Å². The maximum Gasteiger partial charge on any atom is 0.259 e. The molecule has 1 aliphatic rings.